The van der Waals surface area contributed by atoms with Gasteiger partial charge in [-0.05, 0) is 51.1 Å². The summed E-state index contributed by atoms with van der Waals surface area (Å²) in [4.78, 5) is 24.7. The van der Waals surface area contributed by atoms with E-state index in [4.69, 9.17) is 9.47 Å². The fourth-order valence-electron chi connectivity index (χ4n) is 3.61. The van der Waals surface area contributed by atoms with Crippen LogP contribution in [0, 0.1) is 0 Å². The number of phenolic OH excluding ortho intramolecular Hbond substituents is 1. The van der Waals surface area contributed by atoms with E-state index < -0.39 is 51.3 Å². The molecule has 1 atom stereocenters. The van der Waals surface area contributed by atoms with Gasteiger partial charge in [-0.25, -0.2) is 8.42 Å². The predicted molar refractivity (Wildman–Crippen MR) is 129 cm³/mol. The molecular formula is C25H24F3NO7S. The molecule has 1 unspecified atom stereocenters. The van der Waals surface area contributed by atoms with Crippen LogP contribution in [0.4, 0.5) is 18.9 Å². The van der Waals surface area contributed by atoms with E-state index in [1.807, 2.05) is 0 Å². The molecule has 0 aromatic heterocycles. The molecule has 0 amide bonds. The predicted octanol–water partition coefficient (Wildman–Crippen LogP) is 4.91. The summed E-state index contributed by atoms with van der Waals surface area (Å²) in [6.07, 6.45) is -6.31. The number of anilines is 1. The molecule has 37 heavy (non-hydrogen) atoms. The maximum absolute atomic E-state index is 13.4. The van der Waals surface area contributed by atoms with E-state index >= 15 is 0 Å². The van der Waals surface area contributed by atoms with Gasteiger partial charge in [-0.2, -0.15) is 13.2 Å². The fourth-order valence-corrected chi connectivity index (χ4v) is 4.68. The number of esters is 1. The maximum Gasteiger partial charge on any atom is 0.451 e. The topological polar surface area (TPSA) is 119 Å². The Kier molecular flexibility index (Phi) is 8.01. The summed E-state index contributed by atoms with van der Waals surface area (Å²) >= 11 is 0. The van der Waals surface area contributed by atoms with Crippen molar-refractivity contribution < 1.29 is 45.8 Å². The average molecular weight is 540 g/mol. The summed E-state index contributed by atoms with van der Waals surface area (Å²) in [5, 5.41) is 10.9. The van der Waals surface area contributed by atoms with Crippen LogP contribution in [0.2, 0.25) is 0 Å². The second kappa shape index (κ2) is 10.7. The van der Waals surface area contributed by atoms with E-state index in [1.54, 1.807) is 6.92 Å². The molecule has 0 aliphatic carbocycles. The number of Topliss-reactive ketones (excluding diaryl/α,β-unsaturated/α-hetero) is 1. The molecule has 12 heteroatoms. The van der Waals surface area contributed by atoms with Crippen molar-refractivity contribution in [2.75, 3.05) is 11.3 Å². The van der Waals surface area contributed by atoms with Crippen LogP contribution >= 0.6 is 0 Å². The van der Waals surface area contributed by atoms with Crippen LogP contribution in [0.25, 0.3) is 10.8 Å². The number of hydrogen-bond donors (Lipinski definition) is 2. The van der Waals surface area contributed by atoms with E-state index in [0.717, 1.165) is 6.07 Å². The monoisotopic (exact) mass is 539 g/mol. The third-order valence-corrected chi connectivity index (χ3v) is 6.56. The molecule has 3 aromatic carbocycles. The highest BCUT2D eigenvalue weighted by Gasteiger charge is 2.49. The van der Waals surface area contributed by atoms with Crippen molar-refractivity contribution in [2.24, 2.45) is 0 Å². The lowest BCUT2D eigenvalue weighted by molar-refractivity contribution is -0.178. The molecule has 0 saturated heterocycles. The lowest BCUT2D eigenvalue weighted by Gasteiger charge is -2.21. The molecule has 8 nitrogen and oxygen atoms in total. The number of hydrogen-bond acceptors (Lipinski definition) is 7. The summed E-state index contributed by atoms with van der Waals surface area (Å²) < 4.78 is 79.0. The minimum atomic E-state index is -5.44. The molecule has 0 radical (unpaired) electrons. The van der Waals surface area contributed by atoms with E-state index in [0.29, 0.717) is 12.4 Å². The number of phenols is 1. The number of sulfonamides is 1. The smallest absolute Gasteiger partial charge is 0.451 e. The number of benzene rings is 3. The first-order valence-electron chi connectivity index (χ1n) is 11.1. The highest BCUT2D eigenvalue weighted by molar-refractivity contribution is 7.92. The van der Waals surface area contributed by atoms with Crippen molar-refractivity contribution in [3.8, 4) is 11.5 Å². The summed E-state index contributed by atoms with van der Waals surface area (Å²) in [6.45, 7) is 4.88. The Labute approximate surface area is 211 Å². The van der Waals surface area contributed by atoms with Crippen LogP contribution in [0.3, 0.4) is 0 Å². The van der Waals surface area contributed by atoms with Gasteiger partial charge < -0.3 is 14.6 Å². The molecule has 0 spiro atoms. The maximum atomic E-state index is 13.4. The van der Waals surface area contributed by atoms with Gasteiger partial charge in [0.2, 0.25) is 0 Å². The zero-order chi connectivity index (χ0) is 27.5. The summed E-state index contributed by atoms with van der Waals surface area (Å²) in [6, 6.07) is 11.9. The first-order valence-corrected chi connectivity index (χ1v) is 12.6. The molecule has 0 aliphatic rings. The highest BCUT2D eigenvalue weighted by atomic mass is 32.2. The number of aromatic hydroxyl groups is 1. The van der Waals surface area contributed by atoms with Crippen molar-refractivity contribution >= 4 is 38.2 Å². The lowest BCUT2D eigenvalue weighted by Crippen LogP contribution is -2.35. The largest absolute Gasteiger partial charge is 0.507 e. The van der Waals surface area contributed by atoms with Crippen molar-refractivity contribution in [2.45, 2.75) is 43.9 Å². The quantitative estimate of drug-likeness (QED) is 0.225. The van der Waals surface area contributed by atoms with Gasteiger partial charge >= 0.3 is 12.1 Å². The van der Waals surface area contributed by atoms with Crippen molar-refractivity contribution in [1.29, 1.82) is 0 Å². The van der Waals surface area contributed by atoms with Crippen molar-refractivity contribution in [3.63, 3.8) is 0 Å². The summed E-state index contributed by atoms with van der Waals surface area (Å²) in [5.41, 5.74) is -1.01. The highest BCUT2D eigenvalue weighted by Crippen LogP contribution is 2.41. The number of carbonyl (C=O) groups excluding carboxylic acids is 2. The molecular weight excluding hydrogens is 515 g/mol. The molecule has 0 bridgehead atoms. The number of fused-ring (bicyclic) bond motifs is 1. The van der Waals surface area contributed by atoms with Crippen molar-refractivity contribution in [1.82, 2.24) is 0 Å². The lowest BCUT2D eigenvalue weighted by atomic mass is 9.90. The van der Waals surface area contributed by atoms with Gasteiger partial charge in [-0.3, -0.25) is 14.3 Å². The van der Waals surface area contributed by atoms with Gasteiger partial charge in [-0.1, -0.05) is 24.3 Å². The number of alkyl halides is 3. The Balaban J connectivity index is 2.19. The number of ether oxygens (including phenoxy) is 2. The van der Waals surface area contributed by atoms with Crippen molar-refractivity contribution in [3.05, 3.63) is 60.2 Å². The third-order valence-electron chi connectivity index (χ3n) is 5.18. The van der Waals surface area contributed by atoms with Crippen LogP contribution in [0.1, 0.15) is 32.3 Å². The van der Waals surface area contributed by atoms with E-state index in [9.17, 15) is 36.3 Å². The van der Waals surface area contributed by atoms with Crippen LogP contribution in [-0.2, 0) is 24.3 Å². The average Bonchev–Trinajstić information content (AvgIpc) is 2.81. The van der Waals surface area contributed by atoms with Crippen LogP contribution in [0.15, 0.2) is 59.5 Å². The summed E-state index contributed by atoms with van der Waals surface area (Å²) in [7, 11) is -4.29. The van der Waals surface area contributed by atoms with E-state index in [2.05, 4.69) is 4.72 Å². The van der Waals surface area contributed by atoms with E-state index in [1.165, 1.54) is 62.4 Å². The second-order valence-electron chi connectivity index (χ2n) is 8.20. The normalized spacial score (nSPS) is 12.8. The minimum Gasteiger partial charge on any atom is -0.507 e. The number of nitrogens with one attached hydrogen (secondary N) is 1. The first kappa shape index (κ1) is 27.8. The first-order chi connectivity index (χ1) is 17.3. The van der Waals surface area contributed by atoms with Gasteiger partial charge in [-0.15, -0.1) is 0 Å². The van der Waals surface area contributed by atoms with E-state index in [-0.39, 0.29) is 21.4 Å². The molecule has 3 rings (SSSR count). The zero-order valence-electron chi connectivity index (χ0n) is 20.0. The van der Waals surface area contributed by atoms with Gasteiger partial charge in [0.1, 0.15) is 11.5 Å². The number of ketones is 1. The molecule has 2 N–H and O–H groups in total. The Morgan fingerprint density at radius 1 is 1.03 bits per heavy atom. The molecule has 198 valence electrons. The van der Waals surface area contributed by atoms with Crippen LogP contribution in [-0.4, -0.2) is 44.2 Å². The van der Waals surface area contributed by atoms with Gasteiger partial charge in [0.05, 0.1) is 23.3 Å². The molecule has 0 aliphatic heterocycles. The fraction of sp³-hybridized carbons (Fsp3) is 0.280. The standard InChI is InChI=1S/C25H24F3NO7S/c1-4-35-15-9-11-16(12-10-15)37(33,34)29-20-13-19(22(30)18-8-6-5-7-17(18)20)21(23(31)25(26,27)28)24(32)36-14(2)3/h5-14,21,29-30H,4H2,1-3H3. The molecule has 0 saturated carbocycles. The number of halogens is 3. The Hall–Kier alpha value is -3.80. The third kappa shape index (κ3) is 6.13. The Morgan fingerprint density at radius 2 is 1.62 bits per heavy atom. The van der Waals surface area contributed by atoms with Crippen LogP contribution < -0.4 is 9.46 Å². The SMILES string of the molecule is CCOc1ccc(S(=O)(=O)Nc2cc(C(C(=O)OC(C)C)C(=O)C(F)(F)F)c(O)c3ccccc23)cc1. The zero-order valence-corrected chi connectivity index (χ0v) is 20.8. The molecule has 0 heterocycles. The second-order valence-corrected chi connectivity index (χ2v) is 9.88. The van der Waals surface area contributed by atoms with Crippen LogP contribution in [0.5, 0.6) is 11.5 Å². The number of carbonyl (C=O) groups is 2. The van der Waals surface area contributed by atoms with Gasteiger partial charge in [0, 0.05) is 16.3 Å². The minimum absolute atomic E-state index is 0.0817. The molecule has 0 fully saturated rings. The summed E-state index contributed by atoms with van der Waals surface area (Å²) in [5.74, 6) is -6.95. The molecule has 3 aromatic rings. The van der Waals surface area contributed by atoms with Gasteiger partial charge in [0.15, 0.2) is 5.92 Å². The Bertz CT molecular complexity index is 1420. The Morgan fingerprint density at radius 3 is 2.16 bits per heavy atom. The van der Waals surface area contributed by atoms with Gasteiger partial charge in [0.25, 0.3) is 15.8 Å². The number of rotatable bonds is 9.